The monoisotopic (exact) mass is 274 g/mol. The molecule has 2 bridgehead atoms. The molecule has 0 radical (unpaired) electrons. The number of hydrogen-bond donors (Lipinski definition) is 0. The lowest BCUT2D eigenvalue weighted by Gasteiger charge is -2.56. The molecule has 106 valence electrons. The van der Waals surface area contributed by atoms with E-state index in [0.29, 0.717) is 17.0 Å². The molecule has 2 unspecified atom stereocenters. The Morgan fingerprint density at radius 3 is 2.85 bits per heavy atom. The third-order valence-corrected chi connectivity index (χ3v) is 4.98. The van der Waals surface area contributed by atoms with Gasteiger partial charge in [-0.3, -0.25) is 10.1 Å². The van der Waals surface area contributed by atoms with Crippen molar-refractivity contribution in [2.45, 2.75) is 33.6 Å². The summed E-state index contributed by atoms with van der Waals surface area (Å²) in [7, 11) is 0. The molecule has 0 aromatic carbocycles. The van der Waals surface area contributed by atoms with Crippen molar-refractivity contribution < 1.29 is 9.45 Å². The molecule has 0 aliphatic heterocycles. The summed E-state index contributed by atoms with van der Waals surface area (Å²) >= 11 is 0. The van der Waals surface area contributed by atoms with E-state index >= 15 is 0 Å². The van der Waals surface area contributed by atoms with Crippen LogP contribution in [0.5, 0.6) is 0 Å². The molecule has 2 atom stereocenters. The molecule has 4 rings (SSSR count). The highest BCUT2D eigenvalue weighted by Crippen LogP contribution is 2.59. The van der Waals surface area contributed by atoms with Crippen molar-refractivity contribution >= 4 is 11.8 Å². The molecule has 3 aliphatic rings. The lowest BCUT2D eigenvalue weighted by atomic mass is 9.49. The second-order valence-electron chi connectivity index (χ2n) is 6.32. The average molecular weight is 274 g/mol. The van der Waals surface area contributed by atoms with Gasteiger partial charge < -0.3 is 4.52 Å². The minimum absolute atomic E-state index is 0.0385. The fourth-order valence-corrected chi connectivity index (χ4v) is 3.47. The van der Waals surface area contributed by atoms with Crippen LogP contribution >= 0.6 is 0 Å². The molecule has 0 spiro atoms. The third-order valence-electron chi connectivity index (χ3n) is 4.98. The predicted molar refractivity (Wildman–Crippen MR) is 75.0 cm³/mol. The Morgan fingerprint density at radius 2 is 2.25 bits per heavy atom. The van der Waals surface area contributed by atoms with Crippen molar-refractivity contribution in [1.82, 2.24) is 5.16 Å². The molecule has 1 heterocycles. The molecule has 5 nitrogen and oxygen atoms in total. The second kappa shape index (κ2) is 4.30. The van der Waals surface area contributed by atoms with Crippen molar-refractivity contribution in [3.05, 3.63) is 39.3 Å². The first-order chi connectivity index (χ1) is 9.41. The van der Waals surface area contributed by atoms with Crippen LogP contribution in [0.2, 0.25) is 0 Å². The fraction of sp³-hybridized carbons (Fsp3) is 0.533. The van der Waals surface area contributed by atoms with Crippen LogP contribution in [0.25, 0.3) is 6.08 Å². The van der Waals surface area contributed by atoms with Crippen molar-refractivity contribution in [2.75, 3.05) is 0 Å². The van der Waals surface area contributed by atoms with E-state index in [4.69, 9.17) is 4.52 Å². The molecule has 1 aromatic heterocycles. The Labute approximate surface area is 117 Å². The highest BCUT2D eigenvalue weighted by molar-refractivity contribution is 5.59. The number of aromatic nitrogens is 1. The third kappa shape index (κ3) is 1.80. The number of rotatable bonds is 3. The minimum atomic E-state index is -0.440. The number of allylic oxidation sites excluding steroid dienone is 3. The van der Waals surface area contributed by atoms with Gasteiger partial charge >= 0.3 is 5.69 Å². The Balaban J connectivity index is 1.86. The van der Waals surface area contributed by atoms with Crippen LogP contribution in [-0.4, -0.2) is 10.1 Å². The maximum absolute atomic E-state index is 11.0. The summed E-state index contributed by atoms with van der Waals surface area (Å²) in [5, 5.41) is 14.7. The number of nitrogens with zero attached hydrogens (tertiary/aromatic N) is 2. The normalized spacial score (nSPS) is 27.2. The van der Waals surface area contributed by atoms with Gasteiger partial charge in [-0.1, -0.05) is 31.2 Å². The molecule has 0 saturated heterocycles. The first-order valence-electron chi connectivity index (χ1n) is 6.90. The Kier molecular flexibility index (Phi) is 2.81. The molecular formula is C15H18N2O3. The smallest absolute Gasteiger partial charge is 0.338 e. The maximum atomic E-state index is 11.0. The minimum Gasteiger partial charge on any atom is -0.349 e. The Morgan fingerprint density at radius 1 is 1.50 bits per heavy atom. The zero-order valence-corrected chi connectivity index (χ0v) is 11.9. The average Bonchev–Trinajstić information content (AvgIpc) is 2.77. The van der Waals surface area contributed by atoms with E-state index < -0.39 is 4.92 Å². The van der Waals surface area contributed by atoms with Crippen LogP contribution in [0.1, 0.15) is 38.1 Å². The van der Waals surface area contributed by atoms with Gasteiger partial charge in [-0.15, -0.1) is 0 Å². The van der Waals surface area contributed by atoms with Crippen LogP contribution in [0.3, 0.4) is 0 Å². The SMILES string of the molecule is Cc1noc(/C=C/C2=CCC3CC2C3(C)C)c1[N+](=O)[O-]. The van der Waals surface area contributed by atoms with Crippen molar-refractivity contribution in [1.29, 1.82) is 0 Å². The first-order valence-corrected chi connectivity index (χ1v) is 6.90. The van der Waals surface area contributed by atoms with Gasteiger partial charge in [-0.2, -0.15) is 0 Å². The van der Waals surface area contributed by atoms with Crippen molar-refractivity contribution in [3.8, 4) is 0 Å². The zero-order chi connectivity index (χ0) is 14.5. The van der Waals surface area contributed by atoms with Gasteiger partial charge in [-0.25, -0.2) is 0 Å². The summed E-state index contributed by atoms with van der Waals surface area (Å²) < 4.78 is 5.04. The fourth-order valence-electron chi connectivity index (χ4n) is 3.47. The second-order valence-corrected chi connectivity index (χ2v) is 6.32. The standard InChI is InChI=1S/C15H18N2O3/c1-9-14(17(18)19)13(20-16-9)7-5-10-4-6-11-8-12(10)15(11,2)3/h4-5,7,11-12H,6,8H2,1-3H3/b7-5+. The van der Waals surface area contributed by atoms with Crippen LogP contribution in [0, 0.1) is 34.3 Å². The molecule has 5 heteroatoms. The van der Waals surface area contributed by atoms with Gasteiger partial charge in [0.1, 0.15) is 0 Å². The number of aryl methyl sites for hydroxylation is 1. The van der Waals surface area contributed by atoms with E-state index in [1.807, 2.05) is 6.08 Å². The summed E-state index contributed by atoms with van der Waals surface area (Å²) in [5.74, 6) is 1.57. The molecule has 1 aromatic rings. The zero-order valence-electron chi connectivity index (χ0n) is 11.9. The molecule has 1 fully saturated rings. The van der Waals surface area contributed by atoms with Crippen molar-refractivity contribution in [2.24, 2.45) is 17.3 Å². The predicted octanol–water partition coefficient (Wildman–Crippen LogP) is 3.90. The summed E-state index contributed by atoms with van der Waals surface area (Å²) in [6.07, 6.45) is 8.20. The lowest BCUT2D eigenvalue weighted by molar-refractivity contribution is -0.386. The summed E-state index contributed by atoms with van der Waals surface area (Å²) in [4.78, 5) is 10.5. The molecule has 20 heavy (non-hydrogen) atoms. The quantitative estimate of drug-likeness (QED) is 0.619. The van der Waals surface area contributed by atoms with E-state index in [9.17, 15) is 10.1 Å². The van der Waals surface area contributed by atoms with Crippen molar-refractivity contribution in [3.63, 3.8) is 0 Å². The Bertz CT molecular complexity index is 625. The highest BCUT2D eigenvalue weighted by Gasteiger charge is 2.50. The largest absolute Gasteiger partial charge is 0.349 e. The van der Waals surface area contributed by atoms with E-state index in [1.165, 1.54) is 12.0 Å². The summed E-state index contributed by atoms with van der Waals surface area (Å²) in [6, 6.07) is 0. The van der Waals surface area contributed by atoms with Crippen LogP contribution in [0.4, 0.5) is 5.69 Å². The van der Waals surface area contributed by atoms with Crippen LogP contribution < -0.4 is 0 Å². The van der Waals surface area contributed by atoms with Gasteiger partial charge in [-0.05, 0) is 48.7 Å². The molecule has 0 amide bonds. The van der Waals surface area contributed by atoms with E-state index in [-0.39, 0.29) is 11.4 Å². The highest BCUT2D eigenvalue weighted by atomic mass is 16.6. The number of fused-ring (bicyclic) bond motifs is 1. The van der Waals surface area contributed by atoms with Gasteiger partial charge in [0.05, 0.1) is 4.92 Å². The van der Waals surface area contributed by atoms with Gasteiger partial charge in [0, 0.05) is 0 Å². The molecule has 3 aliphatic carbocycles. The van der Waals surface area contributed by atoms with Gasteiger partial charge in [0.2, 0.25) is 5.76 Å². The van der Waals surface area contributed by atoms with E-state index in [2.05, 4.69) is 25.1 Å². The molecule has 1 saturated carbocycles. The Hall–Kier alpha value is -1.91. The van der Waals surface area contributed by atoms with Gasteiger partial charge in [0.15, 0.2) is 5.69 Å². The molecule has 0 N–H and O–H groups in total. The maximum Gasteiger partial charge on any atom is 0.338 e. The number of hydrogen-bond acceptors (Lipinski definition) is 4. The first kappa shape index (κ1) is 13.1. The van der Waals surface area contributed by atoms with Crippen LogP contribution in [-0.2, 0) is 0 Å². The van der Waals surface area contributed by atoms with E-state index in [1.54, 1.807) is 13.0 Å². The van der Waals surface area contributed by atoms with Gasteiger partial charge in [0.25, 0.3) is 0 Å². The topological polar surface area (TPSA) is 69.2 Å². The summed E-state index contributed by atoms with van der Waals surface area (Å²) in [5.41, 5.74) is 1.89. The number of nitro groups is 1. The van der Waals surface area contributed by atoms with Crippen LogP contribution in [0.15, 0.2) is 22.2 Å². The summed E-state index contributed by atoms with van der Waals surface area (Å²) in [6.45, 7) is 6.18. The lowest BCUT2D eigenvalue weighted by Crippen LogP contribution is -2.47. The van der Waals surface area contributed by atoms with E-state index in [0.717, 1.165) is 12.3 Å². The molecular weight excluding hydrogens is 256 g/mol.